The number of hydrogen-bond acceptors (Lipinski definition) is 1. The average molecular weight is 264 g/mol. The molecule has 0 amide bonds. The Kier molecular flexibility index (Phi) is 4.32. The molecule has 1 N–H and O–H groups in total. The first-order chi connectivity index (χ1) is 6.65. The van der Waals surface area contributed by atoms with E-state index in [-0.39, 0.29) is 5.69 Å². The summed E-state index contributed by atoms with van der Waals surface area (Å²) in [7, 11) is 0. The number of nitrogens with one attached hydrogen (secondary N) is 1. The van der Waals surface area contributed by atoms with Crippen molar-refractivity contribution in [1.29, 1.82) is 0 Å². The maximum Gasteiger partial charge on any atom is 0.150 e. The Hall–Kier alpha value is -0.640. The van der Waals surface area contributed by atoms with Gasteiger partial charge in [-0.05, 0) is 18.6 Å². The number of unbranched alkanes of at least 4 members (excludes halogenated alkanes) is 1. The molecule has 4 heteroatoms. The van der Waals surface area contributed by atoms with Crippen molar-refractivity contribution in [3.05, 3.63) is 28.2 Å². The summed E-state index contributed by atoms with van der Waals surface area (Å²) < 4.78 is 26.8. The SMILES string of the molecule is CCCCNc1c(F)cc(Br)cc1F. The van der Waals surface area contributed by atoms with Gasteiger partial charge in [-0.2, -0.15) is 0 Å². The molecule has 0 heterocycles. The van der Waals surface area contributed by atoms with Crippen LogP contribution in [0.5, 0.6) is 0 Å². The van der Waals surface area contributed by atoms with Crippen LogP contribution in [0.15, 0.2) is 16.6 Å². The quantitative estimate of drug-likeness (QED) is 0.812. The van der Waals surface area contributed by atoms with Gasteiger partial charge < -0.3 is 5.32 Å². The van der Waals surface area contributed by atoms with Crippen molar-refractivity contribution in [1.82, 2.24) is 0 Å². The first kappa shape index (κ1) is 11.4. The van der Waals surface area contributed by atoms with E-state index in [1.165, 1.54) is 12.1 Å². The van der Waals surface area contributed by atoms with Crippen LogP contribution in [-0.4, -0.2) is 6.54 Å². The normalized spacial score (nSPS) is 10.3. The molecule has 0 unspecified atom stereocenters. The van der Waals surface area contributed by atoms with E-state index >= 15 is 0 Å². The number of benzene rings is 1. The Morgan fingerprint density at radius 1 is 1.29 bits per heavy atom. The van der Waals surface area contributed by atoms with Crippen molar-refractivity contribution >= 4 is 21.6 Å². The minimum Gasteiger partial charge on any atom is -0.380 e. The fourth-order valence-corrected chi connectivity index (χ4v) is 1.50. The van der Waals surface area contributed by atoms with Gasteiger partial charge in [-0.25, -0.2) is 8.78 Å². The number of anilines is 1. The van der Waals surface area contributed by atoms with Gasteiger partial charge in [-0.15, -0.1) is 0 Å². The van der Waals surface area contributed by atoms with Gasteiger partial charge in [0.05, 0.1) is 0 Å². The van der Waals surface area contributed by atoms with Crippen LogP contribution in [-0.2, 0) is 0 Å². The fraction of sp³-hybridized carbons (Fsp3) is 0.400. The summed E-state index contributed by atoms with van der Waals surface area (Å²) in [6, 6.07) is 2.49. The van der Waals surface area contributed by atoms with Gasteiger partial charge in [-0.1, -0.05) is 29.3 Å². The molecule has 0 saturated heterocycles. The van der Waals surface area contributed by atoms with Gasteiger partial charge in [0.2, 0.25) is 0 Å². The van der Waals surface area contributed by atoms with Gasteiger partial charge in [0.1, 0.15) is 17.3 Å². The Morgan fingerprint density at radius 3 is 2.36 bits per heavy atom. The third kappa shape index (κ3) is 2.94. The van der Waals surface area contributed by atoms with E-state index in [1.54, 1.807) is 0 Å². The molecular formula is C10H12BrF2N. The van der Waals surface area contributed by atoms with Crippen molar-refractivity contribution in [2.45, 2.75) is 19.8 Å². The third-order valence-corrected chi connectivity index (χ3v) is 2.30. The molecular weight excluding hydrogens is 252 g/mol. The molecule has 0 fully saturated rings. The highest BCUT2D eigenvalue weighted by molar-refractivity contribution is 9.10. The lowest BCUT2D eigenvalue weighted by atomic mass is 10.2. The molecule has 78 valence electrons. The van der Waals surface area contributed by atoms with Gasteiger partial charge >= 0.3 is 0 Å². The zero-order valence-corrected chi connectivity index (χ0v) is 9.50. The van der Waals surface area contributed by atoms with Crippen LogP contribution in [0.1, 0.15) is 19.8 Å². The Balaban J connectivity index is 2.75. The van der Waals surface area contributed by atoms with Crippen LogP contribution in [0.25, 0.3) is 0 Å². The summed E-state index contributed by atoms with van der Waals surface area (Å²) in [4.78, 5) is 0. The molecule has 0 radical (unpaired) electrons. The lowest BCUT2D eigenvalue weighted by Gasteiger charge is -2.08. The number of rotatable bonds is 4. The minimum absolute atomic E-state index is 0.0401. The highest BCUT2D eigenvalue weighted by Gasteiger charge is 2.09. The van der Waals surface area contributed by atoms with Gasteiger partial charge in [-0.3, -0.25) is 0 Å². The van der Waals surface area contributed by atoms with Crippen molar-refractivity contribution in [3.63, 3.8) is 0 Å². The second-order valence-electron chi connectivity index (χ2n) is 3.02. The third-order valence-electron chi connectivity index (χ3n) is 1.84. The topological polar surface area (TPSA) is 12.0 Å². The standard InChI is InChI=1S/C10H12BrF2N/c1-2-3-4-14-10-8(12)5-7(11)6-9(10)13/h5-6,14H,2-4H2,1H3. The van der Waals surface area contributed by atoms with E-state index in [0.29, 0.717) is 11.0 Å². The molecule has 0 aliphatic rings. The molecule has 1 aromatic carbocycles. The Bertz CT molecular complexity index is 292. The summed E-state index contributed by atoms with van der Waals surface area (Å²) in [5.74, 6) is -1.12. The number of halogens is 3. The highest BCUT2D eigenvalue weighted by Crippen LogP contribution is 2.23. The van der Waals surface area contributed by atoms with Crippen LogP contribution in [0.4, 0.5) is 14.5 Å². The van der Waals surface area contributed by atoms with Gasteiger partial charge in [0, 0.05) is 11.0 Å². The lowest BCUT2D eigenvalue weighted by molar-refractivity contribution is 0.586. The second-order valence-corrected chi connectivity index (χ2v) is 3.94. The van der Waals surface area contributed by atoms with E-state index in [0.717, 1.165) is 12.8 Å². The lowest BCUT2D eigenvalue weighted by Crippen LogP contribution is -2.05. The van der Waals surface area contributed by atoms with Crippen LogP contribution in [0.3, 0.4) is 0 Å². The predicted molar refractivity (Wildman–Crippen MR) is 57.5 cm³/mol. The molecule has 1 nitrogen and oxygen atoms in total. The molecule has 0 saturated carbocycles. The van der Waals surface area contributed by atoms with Crippen molar-refractivity contribution in [2.24, 2.45) is 0 Å². The van der Waals surface area contributed by atoms with E-state index in [9.17, 15) is 8.78 Å². The van der Waals surface area contributed by atoms with E-state index in [1.807, 2.05) is 6.92 Å². The van der Waals surface area contributed by atoms with E-state index < -0.39 is 11.6 Å². The van der Waals surface area contributed by atoms with Crippen LogP contribution in [0.2, 0.25) is 0 Å². The largest absolute Gasteiger partial charge is 0.380 e. The first-order valence-corrected chi connectivity index (χ1v) is 5.33. The zero-order valence-electron chi connectivity index (χ0n) is 7.91. The second kappa shape index (κ2) is 5.29. The molecule has 1 aromatic rings. The van der Waals surface area contributed by atoms with Crippen molar-refractivity contribution in [3.8, 4) is 0 Å². The molecule has 0 bridgehead atoms. The molecule has 0 aliphatic heterocycles. The fourth-order valence-electron chi connectivity index (χ4n) is 1.10. The number of hydrogen-bond donors (Lipinski definition) is 1. The summed E-state index contributed by atoms with van der Waals surface area (Å²) in [5, 5.41) is 2.74. The molecule has 14 heavy (non-hydrogen) atoms. The van der Waals surface area contributed by atoms with Crippen LogP contribution < -0.4 is 5.32 Å². The monoisotopic (exact) mass is 263 g/mol. The van der Waals surface area contributed by atoms with E-state index in [2.05, 4.69) is 21.2 Å². The van der Waals surface area contributed by atoms with Crippen LogP contribution in [0, 0.1) is 11.6 Å². The van der Waals surface area contributed by atoms with Crippen molar-refractivity contribution < 1.29 is 8.78 Å². The van der Waals surface area contributed by atoms with Gasteiger partial charge in [0.15, 0.2) is 0 Å². The van der Waals surface area contributed by atoms with Gasteiger partial charge in [0.25, 0.3) is 0 Å². The highest BCUT2D eigenvalue weighted by atomic mass is 79.9. The average Bonchev–Trinajstić information content (AvgIpc) is 2.09. The smallest absolute Gasteiger partial charge is 0.150 e. The summed E-state index contributed by atoms with van der Waals surface area (Å²) in [6.07, 6.45) is 1.89. The molecule has 1 rings (SSSR count). The first-order valence-electron chi connectivity index (χ1n) is 4.53. The predicted octanol–water partition coefficient (Wildman–Crippen LogP) is 3.94. The minimum atomic E-state index is -0.562. The Labute approximate surface area is 90.6 Å². The molecule has 0 atom stereocenters. The molecule has 0 aromatic heterocycles. The summed E-state index contributed by atoms with van der Waals surface area (Å²) >= 11 is 3.02. The zero-order chi connectivity index (χ0) is 10.6. The summed E-state index contributed by atoms with van der Waals surface area (Å²) in [5.41, 5.74) is -0.0401. The summed E-state index contributed by atoms with van der Waals surface area (Å²) in [6.45, 7) is 2.61. The van der Waals surface area contributed by atoms with E-state index in [4.69, 9.17) is 0 Å². The molecule has 0 aliphatic carbocycles. The van der Waals surface area contributed by atoms with Crippen molar-refractivity contribution in [2.75, 3.05) is 11.9 Å². The van der Waals surface area contributed by atoms with Crippen LogP contribution >= 0.6 is 15.9 Å². The maximum absolute atomic E-state index is 13.2. The Morgan fingerprint density at radius 2 is 1.86 bits per heavy atom. The maximum atomic E-state index is 13.2. The molecule has 0 spiro atoms.